The van der Waals surface area contributed by atoms with Gasteiger partial charge in [0.1, 0.15) is 5.82 Å². The van der Waals surface area contributed by atoms with Crippen LogP contribution in [0.25, 0.3) is 0 Å². The highest BCUT2D eigenvalue weighted by Crippen LogP contribution is 2.37. The van der Waals surface area contributed by atoms with Gasteiger partial charge in [-0.3, -0.25) is 4.79 Å². The zero-order valence-electron chi connectivity index (χ0n) is 17.7. The average molecular weight is 487 g/mol. The third-order valence-corrected chi connectivity index (χ3v) is 7.10. The zero-order chi connectivity index (χ0) is 23.6. The minimum absolute atomic E-state index is 0.0780. The first-order valence-electron chi connectivity index (χ1n) is 10.4. The van der Waals surface area contributed by atoms with Crippen LogP contribution >= 0.6 is 23.5 Å². The van der Waals surface area contributed by atoms with Crippen molar-refractivity contribution in [2.45, 2.75) is 23.3 Å². The molecule has 4 rings (SSSR count). The molecule has 1 fully saturated rings. The second-order valence-electron chi connectivity index (χ2n) is 7.96. The number of carbonyl (C=O) groups excluding carboxylic acids is 1. The maximum absolute atomic E-state index is 13.5. The lowest BCUT2D eigenvalue weighted by molar-refractivity contribution is -0.0210. The fourth-order valence-electron chi connectivity index (χ4n) is 3.84. The Balaban J connectivity index is 1.36. The second-order valence-corrected chi connectivity index (χ2v) is 9.21. The number of nitrogens with one attached hydrogen (secondary N) is 1. The first-order chi connectivity index (χ1) is 15.8. The molecule has 0 saturated carbocycles. The van der Waals surface area contributed by atoms with Crippen LogP contribution in [0.4, 0.5) is 21.5 Å². The molecule has 3 aromatic rings. The first kappa shape index (κ1) is 23.2. The van der Waals surface area contributed by atoms with Gasteiger partial charge in [0.15, 0.2) is 0 Å². The Morgan fingerprint density at radius 3 is 2.36 bits per heavy atom. The Hall–Kier alpha value is -2.94. The quantitative estimate of drug-likeness (QED) is 0.302. The molecule has 1 amide bonds. The summed E-state index contributed by atoms with van der Waals surface area (Å²) in [4.78, 5) is 15.3. The Kier molecular flexibility index (Phi) is 6.69. The summed E-state index contributed by atoms with van der Waals surface area (Å²) in [6, 6.07) is 17.1. The van der Waals surface area contributed by atoms with Crippen molar-refractivity contribution >= 4 is 46.5 Å². The van der Waals surface area contributed by atoms with E-state index in [0.717, 1.165) is 5.69 Å². The van der Waals surface area contributed by atoms with E-state index in [1.807, 2.05) is 18.2 Å². The largest absolute Gasteiger partial charge is 0.396 e. The summed E-state index contributed by atoms with van der Waals surface area (Å²) in [5, 5.41) is 11.6. The third kappa shape index (κ3) is 4.88. The van der Waals surface area contributed by atoms with Crippen molar-refractivity contribution in [1.29, 1.82) is 0 Å². The van der Waals surface area contributed by atoms with Crippen LogP contribution in [0.3, 0.4) is 0 Å². The molecule has 3 aromatic carbocycles. The van der Waals surface area contributed by atoms with Gasteiger partial charge in [-0.25, -0.2) is 4.39 Å². The van der Waals surface area contributed by atoms with E-state index in [1.165, 1.54) is 18.0 Å². The average Bonchev–Trinajstić information content (AvgIpc) is 2.83. The highest BCUT2D eigenvalue weighted by atomic mass is 35.5. The number of hydrogen-bond acceptors (Lipinski definition) is 6. The predicted molar refractivity (Wildman–Crippen MR) is 132 cm³/mol. The molecule has 0 aromatic heterocycles. The van der Waals surface area contributed by atoms with E-state index in [-0.39, 0.29) is 17.3 Å². The van der Waals surface area contributed by atoms with E-state index < -0.39 is 11.4 Å². The standard InChI is InChI=1S/C24H24ClFN4O2S/c25-18-4-2-1-3-17(18)24(32)11-13-30(14-12-24)23(31)15-5-7-16(8-6-15)29-33-20-10-9-19(26)21(27)22(20)28/h1-10,29,32H,11-14,27-28H2. The maximum atomic E-state index is 13.5. The van der Waals surface area contributed by atoms with Gasteiger partial charge >= 0.3 is 0 Å². The molecule has 9 heteroatoms. The van der Waals surface area contributed by atoms with Crippen molar-refractivity contribution < 1.29 is 14.3 Å². The van der Waals surface area contributed by atoms with Gasteiger partial charge in [0.05, 0.1) is 21.9 Å². The summed E-state index contributed by atoms with van der Waals surface area (Å²) < 4.78 is 16.6. The fourth-order valence-corrected chi connectivity index (χ4v) is 4.88. The van der Waals surface area contributed by atoms with Crippen LogP contribution < -0.4 is 16.2 Å². The molecule has 0 radical (unpaired) electrons. The number of anilines is 3. The van der Waals surface area contributed by atoms with E-state index in [9.17, 15) is 14.3 Å². The lowest BCUT2D eigenvalue weighted by Gasteiger charge is -2.39. The third-order valence-electron chi connectivity index (χ3n) is 5.86. The molecule has 1 heterocycles. The Labute approximate surface area is 200 Å². The number of rotatable bonds is 5. The molecule has 0 spiro atoms. The highest BCUT2D eigenvalue weighted by Gasteiger charge is 2.36. The topological polar surface area (TPSA) is 105 Å². The number of benzene rings is 3. The molecular formula is C24H24ClFN4O2S. The molecule has 1 aliphatic rings. The molecule has 6 nitrogen and oxygen atoms in total. The summed E-state index contributed by atoms with van der Waals surface area (Å²) in [7, 11) is 0. The summed E-state index contributed by atoms with van der Waals surface area (Å²) in [6.07, 6.45) is 0.835. The molecule has 1 aliphatic heterocycles. The Morgan fingerprint density at radius 2 is 1.70 bits per heavy atom. The molecular weight excluding hydrogens is 463 g/mol. The maximum Gasteiger partial charge on any atom is 0.253 e. The number of amides is 1. The van der Waals surface area contributed by atoms with Gasteiger partial charge in [0, 0.05) is 34.9 Å². The van der Waals surface area contributed by atoms with Gasteiger partial charge in [-0.15, -0.1) is 0 Å². The van der Waals surface area contributed by atoms with Crippen LogP contribution in [0, 0.1) is 5.82 Å². The van der Waals surface area contributed by atoms with Gasteiger partial charge in [-0.1, -0.05) is 29.8 Å². The van der Waals surface area contributed by atoms with Crippen LogP contribution in [0.15, 0.2) is 65.6 Å². The lowest BCUT2D eigenvalue weighted by Crippen LogP contribution is -2.45. The SMILES string of the molecule is Nc1c(F)ccc(SNc2ccc(C(=O)N3CCC(O)(c4ccccc4Cl)CC3)cc2)c1N. The van der Waals surface area contributed by atoms with Gasteiger partial charge in [0.25, 0.3) is 5.91 Å². The molecule has 172 valence electrons. The van der Waals surface area contributed by atoms with E-state index in [0.29, 0.717) is 47.0 Å². The zero-order valence-corrected chi connectivity index (χ0v) is 19.3. The van der Waals surface area contributed by atoms with E-state index in [4.69, 9.17) is 23.1 Å². The number of nitrogen functional groups attached to an aromatic ring is 2. The summed E-state index contributed by atoms with van der Waals surface area (Å²) >= 11 is 7.48. The molecule has 0 bridgehead atoms. The van der Waals surface area contributed by atoms with Gasteiger partial charge in [-0.2, -0.15) is 0 Å². The van der Waals surface area contributed by atoms with E-state index in [1.54, 1.807) is 41.3 Å². The molecule has 0 aliphatic carbocycles. The van der Waals surface area contributed by atoms with Crippen molar-refractivity contribution in [3.8, 4) is 0 Å². The van der Waals surface area contributed by atoms with Crippen molar-refractivity contribution in [3.05, 3.63) is 82.6 Å². The number of carbonyl (C=O) groups is 1. The molecule has 6 N–H and O–H groups in total. The summed E-state index contributed by atoms with van der Waals surface area (Å²) in [6.45, 7) is 0.864. The molecule has 1 saturated heterocycles. The Bertz CT molecular complexity index is 1170. The van der Waals surface area contributed by atoms with Crippen molar-refractivity contribution in [1.82, 2.24) is 4.90 Å². The minimum atomic E-state index is -1.04. The monoisotopic (exact) mass is 486 g/mol. The number of aliphatic hydroxyl groups is 1. The molecule has 33 heavy (non-hydrogen) atoms. The van der Waals surface area contributed by atoms with E-state index >= 15 is 0 Å². The van der Waals surface area contributed by atoms with Crippen molar-refractivity contribution in [3.63, 3.8) is 0 Å². The first-order valence-corrected chi connectivity index (χ1v) is 11.6. The van der Waals surface area contributed by atoms with Crippen LogP contribution in [0.2, 0.25) is 5.02 Å². The molecule has 0 unspecified atom stereocenters. The van der Waals surface area contributed by atoms with Crippen LogP contribution in [0.5, 0.6) is 0 Å². The lowest BCUT2D eigenvalue weighted by atomic mass is 9.84. The van der Waals surface area contributed by atoms with Gasteiger partial charge < -0.3 is 26.2 Å². The van der Waals surface area contributed by atoms with Gasteiger partial charge in [-0.05, 0) is 67.3 Å². The van der Waals surface area contributed by atoms with Gasteiger partial charge in [0.2, 0.25) is 0 Å². The predicted octanol–water partition coefficient (Wildman–Crippen LogP) is 4.89. The number of halogens is 2. The number of likely N-dealkylation sites (tertiary alicyclic amines) is 1. The van der Waals surface area contributed by atoms with Crippen LogP contribution in [-0.4, -0.2) is 29.0 Å². The number of nitrogens with two attached hydrogens (primary N) is 2. The number of piperidine rings is 1. The highest BCUT2D eigenvalue weighted by molar-refractivity contribution is 8.00. The van der Waals surface area contributed by atoms with E-state index in [2.05, 4.69) is 4.72 Å². The smallest absolute Gasteiger partial charge is 0.253 e. The second kappa shape index (κ2) is 9.51. The number of nitrogens with zero attached hydrogens (tertiary/aromatic N) is 1. The molecule has 0 atom stereocenters. The minimum Gasteiger partial charge on any atom is -0.396 e. The fraction of sp³-hybridized carbons (Fsp3) is 0.208. The summed E-state index contributed by atoms with van der Waals surface area (Å²) in [5.74, 6) is -0.645. The Morgan fingerprint density at radius 1 is 1.03 bits per heavy atom. The summed E-state index contributed by atoms with van der Waals surface area (Å²) in [5.41, 5.74) is 12.6. The normalized spacial score (nSPS) is 15.3. The van der Waals surface area contributed by atoms with Crippen LogP contribution in [0.1, 0.15) is 28.8 Å². The van der Waals surface area contributed by atoms with Crippen molar-refractivity contribution in [2.24, 2.45) is 0 Å². The van der Waals surface area contributed by atoms with Crippen molar-refractivity contribution in [2.75, 3.05) is 29.3 Å². The van der Waals surface area contributed by atoms with Crippen LogP contribution in [-0.2, 0) is 5.60 Å². The number of hydrogen-bond donors (Lipinski definition) is 4.